The van der Waals surface area contributed by atoms with Gasteiger partial charge in [-0.25, -0.2) is 0 Å². The van der Waals surface area contributed by atoms with Gasteiger partial charge in [-0.1, -0.05) is 105 Å². The molecule has 0 fully saturated rings. The van der Waals surface area contributed by atoms with E-state index < -0.39 is 5.60 Å². The van der Waals surface area contributed by atoms with Crippen LogP contribution in [0.2, 0.25) is 0 Å². The minimum absolute atomic E-state index is 0. The Morgan fingerprint density at radius 1 is 0.830 bits per heavy atom. The summed E-state index contributed by atoms with van der Waals surface area (Å²) in [5.41, 5.74) is 11.0. The number of Topliss-reactive ketones (excluding diaryl/α,β-unsaturated/α-hetero) is 1. The Hall–Kier alpha value is 2.85. The molecule has 3 rings (SSSR count). The van der Waals surface area contributed by atoms with Crippen LogP contribution in [-0.4, -0.2) is 16.5 Å². The van der Waals surface area contributed by atoms with E-state index in [2.05, 4.69) is 165 Å². The average molecular weight is 1450 g/mol. The Kier molecular flexibility index (Phi) is 36.0. The van der Waals surface area contributed by atoms with Crippen LogP contribution in [0.5, 0.6) is 0 Å². The summed E-state index contributed by atoms with van der Waals surface area (Å²) in [6.45, 7) is 30.2. The summed E-state index contributed by atoms with van der Waals surface area (Å²) in [5, 5.41) is 9.85. The molecule has 3 aliphatic carbocycles. The molecule has 0 bridgehead atoms. The van der Waals surface area contributed by atoms with Crippen LogP contribution in [0.25, 0.3) is 0 Å². The first kappa shape index (κ1) is 60.2. The van der Waals surface area contributed by atoms with Gasteiger partial charge in [-0.2, -0.15) is 0 Å². The van der Waals surface area contributed by atoms with Gasteiger partial charge >= 0.3 is 99.9 Å². The van der Waals surface area contributed by atoms with Crippen LogP contribution in [0, 0.1) is 28.6 Å². The summed E-state index contributed by atoms with van der Waals surface area (Å²) < 4.78 is 0. The Balaban J connectivity index is -0.000000652. The zero-order valence-electron chi connectivity index (χ0n) is 35.1. The van der Waals surface area contributed by atoms with E-state index >= 15 is 0 Å². The summed E-state index contributed by atoms with van der Waals surface area (Å²) in [6.07, 6.45) is 26.6. The fourth-order valence-corrected chi connectivity index (χ4v) is 8.03. The first-order valence-electron chi connectivity index (χ1n) is 18.9. The van der Waals surface area contributed by atoms with E-state index in [1.807, 2.05) is 6.08 Å². The number of hydrogen-bond acceptors (Lipinski definition) is 2. The second-order valence-corrected chi connectivity index (χ2v) is 45.0. The molecule has 3 aliphatic rings. The molecule has 0 heterocycles. The Bertz CT molecular complexity index is 1260. The van der Waals surface area contributed by atoms with Gasteiger partial charge in [0, 0.05) is 6.42 Å². The molecule has 2 nitrogen and oxygen atoms in total. The third kappa shape index (κ3) is 26.6. The molecule has 0 spiro atoms. The van der Waals surface area contributed by atoms with Crippen molar-refractivity contribution in [2.24, 2.45) is 16.2 Å². The van der Waals surface area contributed by atoms with Gasteiger partial charge in [0.25, 0.3) is 0 Å². The zero-order chi connectivity index (χ0) is 40.8. The molecule has 1 unspecified atom stereocenters. The maximum absolute atomic E-state index is 11.0. The molecule has 0 amide bonds. The normalized spacial score (nSPS) is 19.8. The van der Waals surface area contributed by atoms with E-state index in [0.717, 1.165) is 19.3 Å². The number of halogens is 6. The first-order valence-corrected chi connectivity index (χ1v) is 40.4. The maximum atomic E-state index is 11.0. The van der Waals surface area contributed by atoms with Gasteiger partial charge in [0.2, 0.25) is 0 Å². The summed E-state index contributed by atoms with van der Waals surface area (Å²) in [7, 11) is 0.628. The molecule has 0 aliphatic heterocycles. The van der Waals surface area contributed by atoms with E-state index in [1.165, 1.54) is 92.9 Å². The summed E-state index contributed by atoms with van der Waals surface area (Å²) in [6, 6.07) is 0. The Morgan fingerprint density at radius 2 is 1.15 bits per heavy atom. The molecule has 53 heavy (non-hydrogen) atoms. The van der Waals surface area contributed by atoms with Crippen molar-refractivity contribution >= 4 is 107 Å². The number of allylic oxidation sites excluding steroid dienone is 9. The third-order valence-electron chi connectivity index (χ3n) is 11.1. The standard InChI is InChI=1S/C16H26.C15H24O.C13H22O.I3.3HI.V/c1-6-8-13(2)10-11-15-14(3)9-7-12-16(15,4)5;1-6-15(5,16)11-9-13-12(2)8-7-10-14(13,3)4;1-10-6-5-9-13(3,4)12(10)8-7-11(2)14;1-3-2;;;;/h6,8H,1,7,9-12H2,2-5H3;1,16H,7-11H2,2-5H3;5-9H2,1-4H3;;3*1H;/q;;;-1;;;;+2/p-2/b13-8+;;;;;;;. The van der Waals surface area contributed by atoms with E-state index in [9.17, 15) is 9.90 Å². The fraction of sp³-hybridized carbons (Fsp3) is 0.705. The number of aliphatic hydroxyl groups is 1. The molecule has 1 N–H and O–H groups in total. The van der Waals surface area contributed by atoms with E-state index in [1.54, 1.807) is 30.6 Å². The van der Waals surface area contributed by atoms with E-state index in [0.29, 0.717) is 45.8 Å². The number of rotatable bonds is 10. The molecule has 0 saturated heterocycles. The van der Waals surface area contributed by atoms with Crippen LogP contribution in [-0.2, 0) is 14.3 Å². The molecule has 0 radical (unpaired) electrons. The molecule has 0 aromatic heterocycles. The molecular weight excluding hydrogens is 1370 g/mol. The second-order valence-electron chi connectivity index (χ2n) is 17.0. The van der Waals surface area contributed by atoms with Crippen molar-refractivity contribution in [3.8, 4) is 12.3 Å². The van der Waals surface area contributed by atoms with Crippen LogP contribution in [0.4, 0.5) is 0 Å². The topological polar surface area (TPSA) is 37.3 Å². The number of carbonyl (C=O) groups excluding carboxylic acids is 1. The van der Waals surface area contributed by atoms with Gasteiger partial charge < -0.3 is 9.90 Å². The molecule has 0 aromatic carbocycles. The summed E-state index contributed by atoms with van der Waals surface area (Å²) in [5.74, 6) is 2.77. The molecule has 0 aromatic rings. The van der Waals surface area contributed by atoms with Crippen LogP contribution >= 0.6 is 101 Å². The van der Waals surface area contributed by atoms with Crippen LogP contribution < -0.4 is 13.3 Å². The molecule has 1 atom stereocenters. The van der Waals surface area contributed by atoms with Crippen molar-refractivity contribution in [2.75, 3.05) is 0 Å². The van der Waals surface area contributed by atoms with Crippen molar-refractivity contribution < 1.29 is 32.6 Å². The fourth-order valence-electron chi connectivity index (χ4n) is 8.03. The van der Waals surface area contributed by atoms with Gasteiger partial charge in [0.15, 0.2) is 0 Å². The second kappa shape index (κ2) is 31.7. The van der Waals surface area contributed by atoms with Crippen molar-refractivity contribution in [1.82, 2.24) is 0 Å². The van der Waals surface area contributed by atoms with E-state index in [-0.39, 0.29) is 29.4 Å². The Morgan fingerprint density at radius 3 is 1.43 bits per heavy atom. The number of carbonyl (C=O) groups is 1. The predicted molar refractivity (Wildman–Crippen MR) is 274 cm³/mol. The van der Waals surface area contributed by atoms with Gasteiger partial charge in [0.1, 0.15) is 11.4 Å². The monoisotopic (exact) mass is 1450 g/mol. The van der Waals surface area contributed by atoms with Crippen LogP contribution in [0.1, 0.15) is 179 Å². The third-order valence-corrected chi connectivity index (χ3v) is 11.1. The Labute approximate surface area is 404 Å². The molecular formula is C44H73I6O2V-. The quantitative estimate of drug-likeness (QED) is 0.102. The molecule has 309 valence electrons. The van der Waals surface area contributed by atoms with Crippen molar-refractivity contribution in [2.45, 2.75) is 185 Å². The molecule has 0 saturated carbocycles. The van der Waals surface area contributed by atoms with Gasteiger partial charge in [-0.05, 0) is 148 Å². The number of ketones is 1. The van der Waals surface area contributed by atoms with Crippen LogP contribution in [0.3, 0.4) is 0 Å². The van der Waals surface area contributed by atoms with Crippen LogP contribution in [0.15, 0.2) is 57.7 Å². The first-order chi connectivity index (χ1) is 24.0. The van der Waals surface area contributed by atoms with Gasteiger partial charge in [0.05, 0.1) is 0 Å². The summed E-state index contributed by atoms with van der Waals surface area (Å²) >= 11 is 10.0. The van der Waals surface area contributed by atoms with Crippen molar-refractivity contribution in [3.63, 3.8) is 0 Å². The molecule has 9 heteroatoms. The average Bonchev–Trinajstić information content (AvgIpc) is 3.01. The van der Waals surface area contributed by atoms with Crippen molar-refractivity contribution in [1.29, 1.82) is 0 Å². The van der Waals surface area contributed by atoms with Gasteiger partial charge in [-0.3, -0.25) is 0 Å². The minimum atomic E-state index is -0.958. The SMILES string of the molecule is C#CC(C)(O)CCC1=C(C)CCCC1(C)C.C=C/C=C(\C)CCC1=C(C)CCCC1(C)C.CC(=O)CCC1=C(C)CCCC1(C)C.I.I[I-]I.[I][V][I]. The zero-order valence-corrected chi connectivity index (χ0v) is 49.7. The van der Waals surface area contributed by atoms with E-state index in [4.69, 9.17) is 6.42 Å². The summed E-state index contributed by atoms with van der Waals surface area (Å²) in [4.78, 5) is 11.0. The number of hydrogen-bond donors (Lipinski definition) is 1. The number of terminal acetylenes is 1. The van der Waals surface area contributed by atoms with Gasteiger partial charge in [-0.15, -0.1) is 30.4 Å². The predicted octanol–water partition coefficient (Wildman–Crippen LogP) is 14.1. The van der Waals surface area contributed by atoms with Crippen molar-refractivity contribution in [3.05, 3.63) is 57.7 Å².